The molecule has 2 rings (SSSR count). The van der Waals surface area contributed by atoms with Gasteiger partial charge in [0.15, 0.2) is 0 Å². The van der Waals surface area contributed by atoms with Crippen LogP contribution in [0.25, 0.3) is 6.08 Å². The first kappa shape index (κ1) is 14.8. The fourth-order valence-corrected chi connectivity index (χ4v) is 2.27. The van der Waals surface area contributed by atoms with E-state index in [9.17, 15) is 4.79 Å². The molecule has 0 aliphatic heterocycles. The molecule has 0 saturated carbocycles. The van der Waals surface area contributed by atoms with Crippen LogP contribution >= 0.6 is 0 Å². The molecule has 0 amide bonds. The highest BCUT2D eigenvalue weighted by Gasteiger charge is 2.15. The third-order valence-electron chi connectivity index (χ3n) is 3.12. The monoisotopic (exact) mass is 286 g/mol. The summed E-state index contributed by atoms with van der Waals surface area (Å²) < 4.78 is 1.75. The number of hydrogen-bond acceptors (Lipinski definition) is 4. The van der Waals surface area contributed by atoms with Crippen molar-refractivity contribution in [3.8, 4) is 0 Å². The molecule has 0 radical (unpaired) electrons. The van der Waals surface area contributed by atoms with Gasteiger partial charge in [-0.25, -0.2) is 4.79 Å². The highest BCUT2D eigenvalue weighted by atomic mass is 16.4. The zero-order valence-corrected chi connectivity index (χ0v) is 12.3. The maximum atomic E-state index is 10.7. The van der Waals surface area contributed by atoms with E-state index < -0.39 is 5.97 Å². The molecule has 0 aromatic carbocycles. The lowest BCUT2D eigenvalue weighted by Crippen LogP contribution is -2.20. The van der Waals surface area contributed by atoms with Crippen LogP contribution in [-0.4, -0.2) is 32.9 Å². The van der Waals surface area contributed by atoms with Crippen molar-refractivity contribution in [2.45, 2.75) is 13.5 Å². The summed E-state index contributed by atoms with van der Waals surface area (Å²) in [4.78, 5) is 17.0. The Balaban J connectivity index is 2.32. The van der Waals surface area contributed by atoms with E-state index in [4.69, 9.17) is 5.11 Å². The van der Waals surface area contributed by atoms with Crippen molar-refractivity contribution < 1.29 is 9.90 Å². The maximum absolute atomic E-state index is 10.7. The number of aryl methyl sites for hydroxylation is 2. The number of aliphatic carboxylic acids is 1. The van der Waals surface area contributed by atoms with Crippen LogP contribution in [0, 0.1) is 6.92 Å². The molecule has 2 aromatic rings. The van der Waals surface area contributed by atoms with Crippen LogP contribution in [0.15, 0.2) is 30.5 Å². The summed E-state index contributed by atoms with van der Waals surface area (Å²) in [5.74, 6) is -0.118. The number of pyridine rings is 1. The lowest BCUT2D eigenvalue weighted by atomic mass is 10.2. The van der Waals surface area contributed by atoms with Gasteiger partial charge in [0.25, 0.3) is 0 Å². The van der Waals surface area contributed by atoms with Gasteiger partial charge in [0.2, 0.25) is 0 Å². The Kier molecular flexibility index (Phi) is 4.37. The number of rotatable bonds is 5. The Bertz CT molecular complexity index is 662. The van der Waals surface area contributed by atoms with Gasteiger partial charge in [-0.15, -0.1) is 0 Å². The van der Waals surface area contributed by atoms with Gasteiger partial charge in [-0.3, -0.25) is 9.67 Å². The Morgan fingerprint density at radius 1 is 1.48 bits per heavy atom. The van der Waals surface area contributed by atoms with Crippen LogP contribution in [-0.2, 0) is 18.4 Å². The Morgan fingerprint density at radius 2 is 2.24 bits per heavy atom. The molecule has 2 aromatic heterocycles. The average molecular weight is 286 g/mol. The molecule has 0 spiro atoms. The van der Waals surface area contributed by atoms with Crippen molar-refractivity contribution in [2.24, 2.45) is 7.05 Å². The third kappa shape index (κ3) is 3.47. The first-order valence-electron chi connectivity index (χ1n) is 6.54. The van der Waals surface area contributed by atoms with Gasteiger partial charge < -0.3 is 10.0 Å². The van der Waals surface area contributed by atoms with Gasteiger partial charge in [0.1, 0.15) is 5.82 Å². The highest BCUT2D eigenvalue weighted by Crippen LogP contribution is 2.24. The quantitative estimate of drug-likeness (QED) is 0.849. The molecule has 6 heteroatoms. The number of hydrogen-bond donors (Lipinski definition) is 1. The SMILES string of the molecule is Cc1nn(C)c(N(C)Cc2ccccn2)c1/C=C/C(=O)O. The van der Waals surface area contributed by atoms with Crippen molar-refractivity contribution in [1.82, 2.24) is 14.8 Å². The van der Waals surface area contributed by atoms with Crippen LogP contribution < -0.4 is 4.90 Å². The number of nitrogens with zero attached hydrogens (tertiary/aromatic N) is 4. The lowest BCUT2D eigenvalue weighted by Gasteiger charge is -2.19. The number of carboxylic acids is 1. The smallest absolute Gasteiger partial charge is 0.328 e. The fourth-order valence-electron chi connectivity index (χ4n) is 2.27. The second-order valence-electron chi connectivity index (χ2n) is 4.80. The van der Waals surface area contributed by atoms with Crippen molar-refractivity contribution in [3.63, 3.8) is 0 Å². The average Bonchev–Trinajstić information content (AvgIpc) is 2.71. The fraction of sp³-hybridized carbons (Fsp3) is 0.267. The molecule has 2 heterocycles. The summed E-state index contributed by atoms with van der Waals surface area (Å²) in [5.41, 5.74) is 2.53. The predicted octanol–water partition coefficient (Wildman–Crippen LogP) is 1.86. The second kappa shape index (κ2) is 6.21. The molecule has 0 unspecified atom stereocenters. The molecule has 21 heavy (non-hydrogen) atoms. The molecule has 0 saturated heterocycles. The minimum Gasteiger partial charge on any atom is -0.478 e. The van der Waals surface area contributed by atoms with Crippen molar-refractivity contribution in [1.29, 1.82) is 0 Å². The van der Waals surface area contributed by atoms with E-state index >= 15 is 0 Å². The second-order valence-corrected chi connectivity index (χ2v) is 4.80. The topological polar surface area (TPSA) is 71.2 Å². The van der Waals surface area contributed by atoms with E-state index in [1.54, 1.807) is 17.0 Å². The van der Waals surface area contributed by atoms with Gasteiger partial charge in [-0.1, -0.05) is 6.07 Å². The lowest BCUT2D eigenvalue weighted by molar-refractivity contribution is -0.131. The summed E-state index contributed by atoms with van der Waals surface area (Å²) in [6.07, 6.45) is 4.46. The first-order chi connectivity index (χ1) is 9.99. The summed E-state index contributed by atoms with van der Waals surface area (Å²) in [6.45, 7) is 2.48. The number of carboxylic acid groups (broad SMARTS) is 1. The number of aromatic nitrogens is 3. The molecule has 1 N–H and O–H groups in total. The van der Waals surface area contributed by atoms with Gasteiger partial charge >= 0.3 is 5.97 Å². The van der Waals surface area contributed by atoms with Crippen LogP contribution in [0.4, 0.5) is 5.82 Å². The normalized spacial score (nSPS) is 11.0. The van der Waals surface area contributed by atoms with E-state index in [1.807, 2.05) is 44.1 Å². The minimum atomic E-state index is -0.975. The molecular weight excluding hydrogens is 268 g/mol. The number of anilines is 1. The molecule has 0 fully saturated rings. The largest absolute Gasteiger partial charge is 0.478 e. The van der Waals surface area contributed by atoms with E-state index in [0.717, 1.165) is 28.8 Å². The molecule has 0 aliphatic rings. The molecular formula is C15H18N4O2. The molecule has 0 bridgehead atoms. The predicted molar refractivity (Wildman–Crippen MR) is 81.0 cm³/mol. The van der Waals surface area contributed by atoms with E-state index in [-0.39, 0.29) is 0 Å². The molecule has 6 nitrogen and oxygen atoms in total. The minimum absolute atomic E-state index is 0.619. The summed E-state index contributed by atoms with van der Waals surface area (Å²) in [5, 5.41) is 13.2. The molecule has 0 aliphatic carbocycles. The number of carbonyl (C=O) groups is 1. The molecule has 110 valence electrons. The highest BCUT2D eigenvalue weighted by molar-refractivity contribution is 5.87. The van der Waals surface area contributed by atoms with Crippen molar-refractivity contribution in [3.05, 3.63) is 47.4 Å². The van der Waals surface area contributed by atoms with E-state index in [0.29, 0.717) is 6.54 Å². The van der Waals surface area contributed by atoms with Gasteiger partial charge in [0, 0.05) is 31.9 Å². The first-order valence-corrected chi connectivity index (χ1v) is 6.54. The van der Waals surface area contributed by atoms with Crippen LogP contribution in [0.2, 0.25) is 0 Å². The standard InChI is InChI=1S/C15H18N4O2/c1-11-13(7-8-14(20)21)15(19(3)17-11)18(2)10-12-6-4-5-9-16-12/h4-9H,10H2,1-3H3,(H,20,21)/b8-7+. The summed E-state index contributed by atoms with van der Waals surface area (Å²) in [7, 11) is 3.78. The van der Waals surface area contributed by atoms with Crippen LogP contribution in [0.1, 0.15) is 17.0 Å². The Labute approximate surface area is 123 Å². The Morgan fingerprint density at radius 3 is 2.86 bits per heavy atom. The maximum Gasteiger partial charge on any atom is 0.328 e. The van der Waals surface area contributed by atoms with Crippen LogP contribution in [0.3, 0.4) is 0 Å². The summed E-state index contributed by atoms with van der Waals surface area (Å²) >= 11 is 0. The van der Waals surface area contributed by atoms with Crippen molar-refractivity contribution in [2.75, 3.05) is 11.9 Å². The van der Waals surface area contributed by atoms with Gasteiger partial charge in [0.05, 0.1) is 17.9 Å². The Hall–Kier alpha value is -2.63. The van der Waals surface area contributed by atoms with Gasteiger partial charge in [-0.05, 0) is 25.1 Å². The van der Waals surface area contributed by atoms with Crippen LogP contribution in [0.5, 0.6) is 0 Å². The van der Waals surface area contributed by atoms with Gasteiger partial charge in [-0.2, -0.15) is 5.10 Å². The zero-order chi connectivity index (χ0) is 15.4. The molecule has 0 atom stereocenters. The van der Waals surface area contributed by atoms with E-state index in [1.165, 1.54) is 0 Å². The van der Waals surface area contributed by atoms with E-state index in [2.05, 4.69) is 10.1 Å². The van der Waals surface area contributed by atoms with Crippen molar-refractivity contribution >= 4 is 17.9 Å². The zero-order valence-electron chi connectivity index (χ0n) is 12.3. The summed E-state index contributed by atoms with van der Waals surface area (Å²) in [6, 6.07) is 5.77. The third-order valence-corrected chi connectivity index (χ3v) is 3.12.